The van der Waals surface area contributed by atoms with E-state index in [0.717, 1.165) is 25.7 Å². The average Bonchev–Trinajstić information content (AvgIpc) is 2.45. The number of nitrogens with two attached hydrogens (primary N) is 2. The van der Waals surface area contributed by atoms with Crippen LogP contribution in [0.15, 0.2) is 18.3 Å². The monoisotopic (exact) mass is 380 g/mol. The number of anilines is 2. The van der Waals surface area contributed by atoms with E-state index in [0.29, 0.717) is 24.0 Å². The van der Waals surface area contributed by atoms with Gasteiger partial charge in [0.15, 0.2) is 5.96 Å². The molecule has 1 aliphatic carbocycles. The Labute approximate surface area is 153 Å². The third kappa shape index (κ3) is 7.67. The van der Waals surface area contributed by atoms with Crippen molar-refractivity contribution in [1.29, 1.82) is 5.41 Å². The van der Waals surface area contributed by atoms with Gasteiger partial charge in [0.25, 0.3) is 0 Å². The predicted octanol–water partition coefficient (Wildman–Crippen LogP) is 0.911. The molecule has 0 saturated heterocycles. The number of rotatable bonds is 4. The summed E-state index contributed by atoms with van der Waals surface area (Å²) in [5.74, 6) is 0.957. The number of hydrogen-bond acceptors (Lipinski definition) is 4. The number of carbonyl (C=O) groups excluding carboxylic acids is 1. The van der Waals surface area contributed by atoms with Crippen LogP contribution < -0.4 is 22.1 Å². The number of nitrogen functional groups attached to an aromatic ring is 1. The van der Waals surface area contributed by atoms with Crippen LogP contribution in [0.1, 0.15) is 25.7 Å². The van der Waals surface area contributed by atoms with Crippen molar-refractivity contribution >= 4 is 48.2 Å². The summed E-state index contributed by atoms with van der Waals surface area (Å²) in [6.07, 6.45) is 5.23. The van der Waals surface area contributed by atoms with E-state index in [4.69, 9.17) is 16.9 Å². The Morgan fingerprint density at radius 1 is 1.29 bits per heavy atom. The summed E-state index contributed by atoms with van der Waals surface area (Å²) in [5.41, 5.74) is 11.6. The molecular formula is C14H26Cl2N6O2. The first kappa shape index (κ1) is 24.5. The van der Waals surface area contributed by atoms with Gasteiger partial charge in [0.05, 0.1) is 0 Å². The molecule has 1 aliphatic rings. The predicted molar refractivity (Wildman–Crippen MR) is 101 cm³/mol. The maximum absolute atomic E-state index is 12.2. The van der Waals surface area contributed by atoms with Crippen molar-refractivity contribution in [2.75, 3.05) is 17.6 Å². The Bertz CT molecular complexity index is 524. The van der Waals surface area contributed by atoms with Gasteiger partial charge in [0, 0.05) is 30.4 Å². The van der Waals surface area contributed by atoms with Crippen LogP contribution in [0, 0.1) is 17.2 Å². The molecule has 0 aliphatic heterocycles. The highest BCUT2D eigenvalue weighted by atomic mass is 35.5. The molecule has 0 unspecified atom stereocenters. The Morgan fingerprint density at radius 2 is 1.92 bits per heavy atom. The lowest BCUT2D eigenvalue weighted by atomic mass is 9.81. The Morgan fingerprint density at radius 3 is 2.46 bits per heavy atom. The number of amides is 1. The van der Waals surface area contributed by atoms with E-state index < -0.39 is 0 Å². The van der Waals surface area contributed by atoms with E-state index >= 15 is 0 Å². The van der Waals surface area contributed by atoms with Crippen molar-refractivity contribution in [2.45, 2.75) is 25.7 Å². The zero-order valence-corrected chi connectivity index (χ0v) is 14.9. The van der Waals surface area contributed by atoms with E-state index in [1.807, 2.05) is 0 Å². The highest BCUT2D eigenvalue weighted by Gasteiger charge is 2.26. The second kappa shape index (κ2) is 11.7. The summed E-state index contributed by atoms with van der Waals surface area (Å²) in [7, 11) is 0. The normalized spacial score (nSPS) is 18.8. The number of guanidine groups is 1. The van der Waals surface area contributed by atoms with Crippen LogP contribution >= 0.6 is 24.8 Å². The number of nitrogens with one attached hydrogen (secondary N) is 3. The van der Waals surface area contributed by atoms with E-state index in [1.165, 1.54) is 0 Å². The summed E-state index contributed by atoms with van der Waals surface area (Å²) in [6, 6.07) is 3.39. The fourth-order valence-corrected chi connectivity index (χ4v) is 2.65. The number of hydrogen-bond donors (Lipinski definition) is 5. The van der Waals surface area contributed by atoms with Gasteiger partial charge in [0.2, 0.25) is 5.91 Å². The molecule has 1 heterocycles. The lowest BCUT2D eigenvalue weighted by Crippen LogP contribution is -2.36. The molecule has 0 aromatic carbocycles. The molecule has 1 saturated carbocycles. The van der Waals surface area contributed by atoms with Crippen LogP contribution in [-0.4, -0.2) is 28.9 Å². The minimum absolute atomic E-state index is 0. The molecule has 1 aromatic heterocycles. The Kier molecular flexibility index (Phi) is 12.0. The fraction of sp³-hybridized carbons (Fsp3) is 0.500. The van der Waals surface area contributed by atoms with Crippen LogP contribution in [0.3, 0.4) is 0 Å². The summed E-state index contributed by atoms with van der Waals surface area (Å²) in [4.78, 5) is 16.1. The van der Waals surface area contributed by atoms with Crippen molar-refractivity contribution < 1.29 is 10.3 Å². The number of carbonyl (C=O) groups is 1. The van der Waals surface area contributed by atoms with E-state index in [1.54, 1.807) is 18.3 Å². The molecule has 0 bridgehead atoms. The van der Waals surface area contributed by atoms with Gasteiger partial charge in [-0.15, -0.1) is 24.8 Å². The van der Waals surface area contributed by atoms with Crippen LogP contribution in [-0.2, 0) is 4.79 Å². The van der Waals surface area contributed by atoms with E-state index in [9.17, 15) is 4.79 Å². The van der Waals surface area contributed by atoms with Crippen LogP contribution in [0.2, 0.25) is 0 Å². The standard InChI is InChI=1S/C14H22N6O.2ClH.H2O/c15-12-7-11(5-6-18-12)20-13(21)10-3-1-9(2-4-10)8-19-14(16)17;;;/h5-7,9-10H,1-4,8H2,(H4,16,17,19)(H3,15,18,20,21);2*1H;1H2/t9-,10-;;;. The average molecular weight is 381 g/mol. The van der Waals surface area contributed by atoms with E-state index in [-0.39, 0.29) is 48.1 Å². The zero-order chi connectivity index (χ0) is 15.2. The van der Waals surface area contributed by atoms with Crippen LogP contribution in [0.4, 0.5) is 11.5 Å². The lowest BCUT2D eigenvalue weighted by Gasteiger charge is -2.27. The van der Waals surface area contributed by atoms with Crippen molar-refractivity contribution in [1.82, 2.24) is 10.3 Å². The Balaban J connectivity index is 0. The summed E-state index contributed by atoms with van der Waals surface area (Å²) < 4.78 is 0. The van der Waals surface area contributed by atoms with Gasteiger partial charge in [-0.25, -0.2) is 4.98 Å². The molecule has 1 fully saturated rings. The largest absolute Gasteiger partial charge is 0.412 e. The molecule has 0 spiro atoms. The number of pyridine rings is 1. The van der Waals surface area contributed by atoms with Crippen molar-refractivity contribution in [2.24, 2.45) is 17.6 Å². The molecule has 24 heavy (non-hydrogen) atoms. The van der Waals surface area contributed by atoms with Gasteiger partial charge in [-0.3, -0.25) is 10.2 Å². The van der Waals surface area contributed by atoms with E-state index in [2.05, 4.69) is 15.6 Å². The second-order valence-corrected chi connectivity index (χ2v) is 5.47. The van der Waals surface area contributed by atoms with Gasteiger partial charge in [-0.2, -0.15) is 0 Å². The van der Waals surface area contributed by atoms with Crippen LogP contribution in [0.25, 0.3) is 0 Å². The van der Waals surface area contributed by atoms with Gasteiger partial charge >= 0.3 is 0 Å². The number of aromatic nitrogens is 1. The quantitative estimate of drug-likeness (QED) is 0.386. The minimum atomic E-state index is 0. The van der Waals surface area contributed by atoms with Crippen LogP contribution in [0.5, 0.6) is 0 Å². The molecule has 1 aromatic rings. The Hall–Kier alpha value is -1.77. The molecule has 9 N–H and O–H groups in total. The van der Waals surface area contributed by atoms with Gasteiger partial charge < -0.3 is 27.6 Å². The minimum Gasteiger partial charge on any atom is -0.412 e. The molecule has 138 valence electrons. The molecule has 2 rings (SSSR count). The molecule has 8 nitrogen and oxygen atoms in total. The highest BCUT2D eigenvalue weighted by Crippen LogP contribution is 2.29. The third-order valence-electron chi connectivity index (χ3n) is 3.85. The summed E-state index contributed by atoms with van der Waals surface area (Å²) in [6.45, 7) is 0.713. The molecule has 0 radical (unpaired) electrons. The molecule has 1 amide bonds. The van der Waals surface area contributed by atoms with Crippen molar-refractivity contribution in [3.8, 4) is 0 Å². The topological polar surface area (TPSA) is 161 Å². The maximum Gasteiger partial charge on any atom is 0.227 e. The molecular weight excluding hydrogens is 355 g/mol. The van der Waals surface area contributed by atoms with Gasteiger partial charge in [-0.05, 0) is 37.7 Å². The third-order valence-corrected chi connectivity index (χ3v) is 3.85. The second-order valence-electron chi connectivity index (χ2n) is 5.47. The summed E-state index contributed by atoms with van der Waals surface area (Å²) in [5, 5.41) is 12.9. The first-order chi connectivity index (χ1) is 10.0. The zero-order valence-electron chi connectivity index (χ0n) is 13.2. The lowest BCUT2D eigenvalue weighted by molar-refractivity contribution is -0.121. The molecule has 0 atom stereocenters. The first-order valence-corrected chi connectivity index (χ1v) is 7.15. The number of nitrogens with zero attached hydrogens (tertiary/aromatic N) is 1. The first-order valence-electron chi connectivity index (χ1n) is 7.15. The van der Waals surface area contributed by atoms with Gasteiger partial charge in [-0.1, -0.05) is 0 Å². The van der Waals surface area contributed by atoms with Crippen molar-refractivity contribution in [3.05, 3.63) is 18.3 Å². The maximum atomic E-state index is 12.2. The molecule has 10 heteroatoms. The fourth-order valence-electron chi connectivity index (χ4n) is 2.65. The van der Waals surface area contributed by atoms with Gasteiger partial charge in [0.1, 0.15) is 5.82 Å². The number of halogens is 2. The SMILES string of the molecule is Cl.Cl.N=C(N)NC[C@H]1CC[C@H](C(=O)Nc2ccnc(N)c2)CC1.O. The highest BCUT2D eigenvalue weighted by molar-refractivity contribution is 5.92. The van der Waals surface area contributed by atoms with Crippen molar-refractivity contribution in [3.63, 3.8) is 0 Å². The smallest absolute Gasteiger partial charge is 0.227 e. The summed E-state index contributed by atoms with van der Waals surface area (Å²) >= 11 is 0.